The number of halogens is 2. The predicted molar refractivity (Wildman–Crippen MR) is 126 cm³/mol. The second kappa shape index (κ2) is 9.84. The summed E-state index contributed by atoms with van der Waals surface area (Å²) in [7, 11) is 1.58. The topological polar surface area (TPSA) is 97.1 Å². The number of carbonyl (C=O) groups is 2. The van der Waals surface area contributed by atoms with Crippen molar-refractivity contribution >= 4 is 47.4 Å². The van der Waals surface area contributed by atoms with Crippen LogP contribution in [0.2, 0.25) is 12.1 Å². The van der Waals surface area contributed by atoms with E-state index in [1.54, 1.807) is 7.11 Å². The van der Waals surface area contributed by atoms with Gasteiger partial charge in [-0.3, -0.25) is 9.59 Å². The Morgan fingerprint density at radius 3 is 2.64 bits per heavy atom. The highest BCUT2D eigenvalue weighted by atomic mass is 35.5. The first-order chi connectivity index (χ1) is 15.8. The molecule has 1 aromatic rings. The molecule has 0 aromatic heterocycles. The van der Waals surface area contributed by atoms with Crippen molar-refractivity contribution in [2.24, 2.45) is 0 Å². The van der Waals surface area contributed by atoms with E-state index in [0.717, 1.165) is 30.4 Å². The highest BCUT2D eigenvalue weighted by Gasteiger charge is 2.40. The van der Waals surface area contributed by atoms with Crippen LogP contribution in [0.5, 0.6) is 5.75 Å². The summed E-state index contributed by atoms with van der Waals surface area (Å²) in [6, 6.07) is 5.60. The van der Waals surface area contributed by atoms with Crippen molar-refractivity contribution in [2.45, 2.75) is 37.8 Å². The van der Waals surface area contributed by atoms with Gasteiger partial charge in [-0.25, -0.2) is 5.26 Å². The molecule has 8 nitrogen and oxygen atoms in total. The standard InChI is InChI=1S/C22H25BCl2N4O4/c1-33-17-11-14(12-29-21(31)18(24)19(25)22(29)32)4-5-16(17)27-7-9-28(10-8-27)20(30)15-3-2-6-23(15)13-26/h4-5,11,15,21,31H,2-3,6-10,12H2,1H3/t15-,21?/m0/s1. The van der Waals surface area contributed by atoms with E-state index in [4.69, 9.17) is 27.9 Å². The average molecular weight is 491 g/mol. The summed E-state index contributed by atoms with van der Waals surface area (Å²) >= 11 is 11.8. The Morgan fingerprint density at radius 2 is 2.03 bits per heavy atom. The summed E-state index contributed by atoms with van der Waals surface area (Å²) in [5.41, 5.74) is 1.66. The van der Waals surface area contributed by atoms with Gasteiger partial charge in [0.15, 0.2) is 6.23 Å². The third kappa shape index (κ3) is 4.52. The zero-order chi connectivity index (χ0) is 23.7. The number of nitriles is 1. The predicted octanol–water partition coefficient (Wildman–Crippen LogP) is 2.42. The van der Waals surface area contributed by atoms with Crippen LogP contribution in [0.4, 0.5) is 5.69 Å². The van der Waals surface area contributed by atoms with Gasteiger partial charge >= 0.3 is 0 Å². The van der Waals surface area contributed by atoms with Crippen LogP contribution in [0.3, 0.4) is 0 Å². The summed E-state index contributed by atoms with van der Waals surface area (Å²) in [6.45, 7) is 2.47. The maximum atomic E-state index is 12.9. The van der Waals surface area contributed by atoms with Gasteiger partial charge in [0.05, 0.1) is 17.8 Å². The Balaban J connectivity index is 1.41. The molecule has 2 fully saturated rings. The Kier molecular flexibility index (Phi) is 7.08. The highest BCUT2D eigenvalue weighted by Crippen LogP contribution is 2.35. The molecule has 0 aliphatic carbocycles. The number of amides is 2. The molecule has 0 saturated carbocycles. The molecule has 11 heteroatoms. The minimum absolute atomic E-state index is 0.0728. The number of carbonyl (C=O) groups excluding carboxylic acids is 2. The number of ether oxygens (including phenoxy) is 1. The molecule has 1 N–H and O–H groups in total. The van der Waals surface area contributed by atoms with Crippen LogP contribution in [-0.4, -0.2) is 73.0 Å². The van der Waals surface area contributed by atoms with Crippen LogP contribution in [0.15, 0.2) is 28.3 Å². The van der Waals surface area contributed by atoms with Crippen LogP contribution in [0.25, 0.3) is 0 Å². The Hall–Kier alpha value is -2.41. The fraction of sp³-hybridized carbons (Fsp3) is 0.500. The first kappa shape index (κ1) is 23.7. The molecule has 4 rings (SSSR count). The fourth-order valence-corrected chi connectivity index (χ4v) is 5.24. The van der Waals surface area contributed by atoms with Gasteiger partial charge in [-0.1, -0.05) is 42.0 Å². The van der Waals surface area contributed by atoms with Crippen LogP contribution < -0.4 is 9.64 Å². The van der Waals surface area contributed by atoms with Crippen LogP contribution in [0, 0.1) is 11.2 Å². The minimum Gasteiger partial charge on any atom is -0.495 e. The van der Waals surface area contributed by atoms with Gasteiger partial charge in [0.25, 0.3) is 12.6 Å². The Labute approximate surface area is 203 Å². The minimum atomic E-state index is -1.26. The van der Waals surface area contributed by atoms with Gasteiger partial charge in [0, 0.05) is 44.5 Å². The number of benzene rings is 1. The molecule has 3 aliphatic heterocycles. The lowest BCUT2D eigenvalue weighted by atomic mass is 9.43. The molecule has 174 valence electrons. The van der Waals surface area contributed by atoms with E-state index in [1.165, 1.54) is 4.90 Å². The lowest BCUT2D eigenvalue weighted by molar-refractivity contribution is -0.132. The zero-order valence-corrected chi connectivity index (χ0v) is 19.8. The largest absolute Gasteiger partial charge is 0.495 e. The normalized spacial score (nSPS) is 23.4. The molecule has 0 spiro atoms. The third-order valence-electron chi connectivity index (χ3n) is 6.71. The third-order valence-corrected chi connectivity index (χ3v) is 7.55. The first-order valence-corrected chi connectivity index (χ1v) is 11.8. The van der Waals surface area contributed by atoms with Crippen LogP contribution in [0.1, 0.15) is 18.4 Å². The van der Waals surface area contributed by atoms with Crippen LogP contribution >= 0.6 is 23.2 Å². The molecular weight excluding hydrogens is 466 g/mol. The van der Waals surface area contributed by atoms with Gasteiger partial charge < -0.3 is 24.5 Å². The smallest absolute Gasteiger partial charge is 0.280 e. The number of hydrogen-bond donors (Lipinski definition) is 1. The van der Waals surface area contributed by atoms with E-state index < -0.39 is 12.1 Å². The summed E-state index contributed by atoms with van der Waals surface area (Å²) in [5, 5.41) is 19.2. The summed E-state index contributed by atoms with van der Waals surface area (Å²) < 4.78 is 5.60. The molecule has 1 aromatic carbocycles. The zero-order valence-electron chi connectivity index (χ0n) is 18.3. The number of aliphatic hydroxyl groups excluding tert-OH is 1. The number of nitrogens with zero attached hydrogens (tertiary/aromatic N) is 4. The molecule has 0 bridgehead atoms. The summed E-state index contributed by atoms with van der Waals surface area (Å²) in [4.78, 5) is 30.4. The van der Waals surface area contributed by atoms with Crippen molar-refractivity contribution < 1.29 is 19.4 Å². The van der Waals surface area contributed by atoms with Gasteiger partial charge in [-0.2, -0.15) is 0 Å². The monoisotopic (exact) mass is 490 g/mol. The van der Waals surface area contributed by atoms with Crippen molar-refractivity contribution in [2.75, 3.05) is 38.2 Å². The lowest BCUT2D eigenvalue weighted by Crippen LogP contribution is -2.50. The van der Waals surface area contributed by atoms with Gasteiger partial charge in [0.1, 0.15) is 10.8 Å². The molecule has 2 amide bonds. The van der Waals surface area contributed by atoms with Crippen molar-refractivity contribution in [3.63, 3.8) is 0 Å². The first-order valence-electron chi connectivity index (χ1n) is 11.0. The van der Waals surface area contributed by atoms with Gasteiger partial charge in [0.2, 0.25) is 5.91 Å². The number of anilines is 1. The van der Waals surface area contributed by atoms with E-state index in [2.05, 4.69) is 10.9 Å². The van der Waals surface area contributed by atoms with Gasteiger partial charge in [-0.05, 0) is 24.1 Å². The van der Waals surface area contributed by atoms with Crippen molar-refractivity contribution in [3.05, 3.63) is 33.8 Å². The van der Waals surface area contributed by atoms with Crippen molar-refractivity contribution in [3.8, 4) is 11.7 Å². The molecule has 2 saturated heterocycles. The second-order valence-electron chi connectivity index (χ2n) is 8.56. The summed E-state index contributed by atoms with van der Waals surface area (Å²) in [6.07, 6.45) is 1.29. The van der Waals surface area contributed by atoms with E-state index in [9.17, 15) is 20.0 Å². The van der Waals surface area contributed by atoms with Crippen LogP contribution in [-0.2, 0) is 16.1 Å². The number of aliphatic hydroxyl groups is 1. The number of rotatable bonds is 5. The van der Waals surface area contributed by atoms with E-state index >= 15 is 0 Å². The lowest BCUT2D eigenvalue weighted by Gasteiger charge is -2.38. The number of hydrogen-bond acceptors (Lipinski definition) is 6. The Bertz CT molecular complexity index is 1020. The number of methoxy groups -OCH3 is 1. The molecule has 2 atom stereocenters. The molecule has 3 heterocycles. The van der Waals surface area contributed by atoms with E-state index in [0.29, 0.717) is 31.9 Å². The van der Waals surface area contributed by atoms with Crippen molar-refractivity contribution in [1.29, 1.82) is 5.26 Å². The maximum Gasteiger partial charge on any atom is 0.280 e. The SMILES string of the molecule is COc1cc(CN2C(=O)C(Cl)=C(Cl)C2O)ccc1N1CCN(C(=O)[C@@H]2CCCB2C#N)CC1. The maximum absolute atomic E-state index is 12.9. The summed E-state index contributed by atoms with van der Waals surface area (Å²) in [5.74, 6) is 2.34. The molecule has 33 heavy (non-hydrogen) atoms. The highest BCUT2D eigenvalue weighted by molar-refractivity contribution is 6.72. The average Bonchev–Trinajstić information content (AvgIpc) is 3.39. The van der Waals surface area contributed by atoms with E-state index in [1.807, 2.05) is 23.1 Å². The second-order valence-corrected chi connectivity index (χ2v) is 9.35. The molecule has 0 radical (unpaired) electrons. The molecule has 1 unspecified atom stereocenters. The van der Waals surface area contributed by atoms with E-state index in [-0.39, 0.29) is 35.0 Å². The quantitative estimate of drug-likeness (QED) is 0.636. The number of piperazine rings is 1. The molecule has 3 aliphatic rings. The molecular formula is C22H25BCl2N4O4. The van der Waals surface area contributed by atoms with Crippen molar-refractivity contribution in [1.82, 2.24) is 9.80 Å². The van der Waals surface area contributed by atoms with Gasteiger partial charge in [-0.15, -0.1) is 0 Å². The fourth-order valence-electron chi connectivity index (χ4n) is 4.84. The Morgan fingerprint density at radius 1 is 1.30 bits per heavy atom.